The van der Waals surface area contributed by atoms with Crippen LogP contribution in [0.25, 0.3) is 0 Å². The molecule has 150 valence electrons. The normalized spacial score (nSPS) is 27.5. The summed E-state index contributed by atoms with van der Waals surface area (Å²) in [7, 11) is 0. The molecule has 0 aromatic heterocycles. The molecule has 5 atom stereocenters. The highest BCUT2D eigenvalue weighted by Gasteiger charge is 2.39. The van der Waals surface area contributed by atoms with E-state index in [-0.39, 0.29) is 24.9 Å². The highest BCUT2D eigenvalue weighted by molar-refractivity contribution is 5.66. The Morgan fingerprint density at radius 3 is 2.54 bits per heavy atom. The summed E-state index contributed by atoms with van der Waals surface area (Å²) < 4.78 is 0. The van der Waals surface area contributed by atoms with Crippen LogP contribution in [0.1, 0.15) is 57.8 Å². The van der Waals surface area contributed by atoms with Crippen molar-refractivity contribution in [3.8, 4) is 0 Å². The molecule has 2 unspecified atom stereocenters. The van der Waals surface area contributed by atoms with Crippen LogP contribution < -0.4 is 0 Å². The first-order valence-electron chi connectivity index (χ1n) is 9.65. The molecule has 1 aliphatic rings. The van der Waals surface area contributed by atoms with Crippen molar-refractivity contribution in [2.75, 3.05) is 6.61 Å². The summed E-state index contributed by atoms with van der Waals surface area (Å²) in [4.78, 5) is 10.5. The molecular weight excluding hydrogens is 336 g/mol. The lowest BCUT2D eigenvalue weighted by molar-refractivity contribution is -0.137. The second kappa shape index (κ2) is 13.0. The molecule has 0 bridgehead atoms. The Kier molecular flexibility index (Phi) is 11.4. The number of unbranched alkanes of at least 4 members (excludes halogenated alkanes) is 3. The van der Waals surface area contributed by atoms with Crippen molar-refractivity contribution < 1.29 is 30.3 Å². The van der Waals surface area contributed by atoms with Crippen LogP contribution in [0, 0.1) is 11.8 Å². The number of hydrogen-bond acceptors (Lipinski definition) is 5. The van der Waals surface area contributed by atoms with Gasteiger partial charge < -0.3 is 25.5 Å². The van der Waals surface area contributed by atoms with Gasteiger partial charge in [-0.05, 0) is 38.0 Å². The Morgan fingerprint density at radius 2 is 1.85 bits per heavy atom. The molecule has 5 N–H and O–H groups in total. The Morgan fingerprint density at radius 1 is 1.08 bits per heavy atom. The lowest BCUT2D eigenvalue weighted by Gasteiger charge is -2.19. The van der Waals surface area contributed by atoms with Gasteiger partial charge in [0.15, 0.2) is 0 Å². The van der Waals surface area contributed by atoms with Crippen molar-refractivity contribution in [2.45, 2.75) is 76.1 Å². The van der Waals surface area contributed by atoms with Gasteiger partial charge in [0.05, 0.1) is 18.3 Å². The Balaban J connectivity index is 2.44. The van der Waals surface area contributed by atoms with Crippen LogP contribution in [0.2, 0.25) is 0 Å². The molecule has 0 aromatic rings. The third-order valence-electron chi connectivity index (χ3n) is 4.97. The van der Waals surface area contributed by atoms with Gasteiger partial charge >= 0.3 is 5.97 Å². The minimum atomic E-state index is -0.798. The van der Waals surface area contributed by atoms with E-state index in [1.807, 2.05) is 18.2 Å². The third kappa shape index (κ3) is 8.94. The Hall–Kier alpha value is -1.21. The van der Waals surface area contributed by atoms with Crippen LogP contribution in [-0.2, 0) is 4.79 Å². The fourth-order valence-corrected chi connectivity index (χ4v) is 3.44. The standard InChI is InChI=1S/C20H34O6/c21-13-7-3-4-8-15(22)11-12-17-16(18(23)14-19(17)24)9-5-1-2-6-10-20(25)26/h1,5,11-12,15-19,21-24H,2-4,6-10,13-14H2,(H,25,26)/t15-,16?,17?,18-,19+/m0/s1. The molecule has 0 spiro atoms. The van der Waals surface area contributed by atoms with E-state index in [0.29, 0.717) is 32.1 Å². The monoisotopic (exact) mass is 370 g/mol. The van der Waals surface area contributed by atoms with Gasteiger partial charge in [-0.2, -0.15) is 0 Å². The number of aliphatic carboxylic acids is 1. The predicted octanol–water partition coefficient (Wildman–Crippen LogP) is 2.02. The van der Waals surface area contributed by atoms with Gasteiger partial charge in [0.2, 0.25) is 0 Å². The van der Waals surface area contributed by atoms with Gasteiger partial charge in [0.1, 0.15) is 0 Å². The van der Waals surface area contributed by atoms with Gasteiger partial charge in [0.25, 0.3) is 0 Å². The fourth-order valence-electron chi connectivity index (χ4n) is 3.44. The molecule has 1 fully saturated rings. The molecule has 1 saturated carbocycles. The average molecular weight is 370 g/mol. The Bertz CT molecular complexity index is 448. The summed E-state index contributed by atoms with van der Waals surface area (Å²) in [5, 5.41) is 47.7. The maximum absolute atomic E-state index is 10.5. The van der Waals surface area contributed by atoms with Crippen molar-refractivity contribution >= 4 is 5.97 Å². The molecule has 0 heterocycles. The van der Waals surface area contributed by atoms with E-state index in [4.69, 9.17) is 10.2 Å². The summed E-state index contributed by atoms with van der Waals surface area (Å²) in [6.07, 6.45) is 11.1. The lowest BCUT2D eigenvalue weighted by atomic mass is 9.89. The van der Waals surface area contributed by atoms with E-state index in [9.17, 15) is 20.1 Å². The van der Waals surface area contributed by atoms with Gasteiger partial charge in [-0.25, -0.2) is 0 Å². The van der Waals surface area contributed by atoms with Crippen LogP contribution >= 0.6 is 0 Å². The SMILES string of the molecule is O=C(O)CCCC=CCC1C(C=C[C@@H](O)CCCCCO)[C@H](O)C[C@@H]1O. The van der Waals surface area contributed by atoms with Crippen molar-refractivity contribution in [1.82, 2.24) is 0 Å². The molecule has 1 aliphatic carbocycles. The molecular formula is C20H34O6. The predicted molar refractivity (Wildman–Crippen MR) is 99.6 cm³/mol. The smallest absolute Gasteiger partial charge is 0.303 e. The van der Waals surface area contributed by atoms with Crippen molar-refractivity contribution in [3.05, 3.63) is 24.3 Å². The number of aliphatic hydroxyl groups excluding tert-OH is 4. The van der Waals surface area contributed by atoms with Crippen LogP contribution in [0.4, 0.5) is 0 Å². The number of carboxylic acid groups (broad SMARTS) is 1. The van der Waals surface area contributed by atoms with Crippen molar-refractivity contribution in [2.24, 2.45) is 11.8 Å². The van der Waals surface area contributed by atoms with E-state index in [1.54, 1.807) is 6.08 Å². The highest BCUT2D eigenvalue weighted by Crippen LogP contribution is 2.36. The third-order valence-corrected chi connectivity index (χ3v) is 4.97. The van der Waals surface area contributed by atoms with Gasteiger partial charge in [-0.3, -0.25) is 4.79 Å². The second-order valence-corrected chi connectivity index (χ2v) is 7.13. The molecule has 0 radical (unpaired) electrons. The van der Waals surface area contributed by atoms with Crippen LogP contribution in [0.15, 0.2) is 24.3 Å². The van der Waals surface area contributed by atoms with Gasteiger partial charge in [-0.15, -0.1) is 0 Å². The van der Waals surface area contributed by atoms with E-state index in [1.165, 1.54) is 0 Å². The second-order valence-electron chi connectivity index (χ2n) is 7.13. The largest absolute Gasteiger partial charge is 0.481 e. The zero-order valence-electron chi connectivity index (χ0n) is 15.4. The summed E-state index contributed by atoms with van der Waals surface area (Å²) in [6.45, 7) is 0.170. The summed E-state index contributed by atoms with van der Waals surface area (Å²) in [5.74, 6) is -1.09. The van der Waals surface area contributed by atoms with Gasteiger partial charge in [0, 0.05) is 25.4 Å². The fraction of sp³-hybridized carbons (Fsp3) is 0.750. The van der Waals surface area contributed by atoms with Gasteiger partial charge in [-0.1, -0.05) is 37.1 Å². The van der Waals surface area contributed by atoms with Crippen LogP contribution in [0.5, 0.6) is 0 Å². The Labute approximate surface area is 155 Å². The van der Waals surface area contributed by atoms with Crippen LogP contribution in [0.3, 0.4) is 0 Å². The summed E-state index contributed by atoms with van der Waals surface area (Å²) in [5.41, 5.74) is 0. The molecule has 1 rings (SSSR count). The number of allylic oxidation sites excluding steroid dienone is 2. The van der Waals surface area contributed by atoms with E-state index < -0.39 is 24.3 Å². The molecule has 0 amide bonds. The van der Waals surface area contributed by atoms with Crippen molar-refractivity contribution in [1.29, 1.82) is 0 Å². The first-order chi connectivity index (χ1) is 12.5. The zero-order chi connectivity index (χ0) is 19.4. The molecule has 26 heavy (non-hydrogen) atoms. The van der Waals surface area contributed by atoms with Crippen molar-refractivity contribution in [3.63, 3.8) is 0 Å². The molecule has 6 nitrogen and oxygen atoms in total. The first-order valence-corrected chi connectivity index (χ1v) is 9.65. The minimum absolute atomic E-state index is 0.0986. The highest BCUT2D eigenvalue weighted by atomic mass is 16.4. The quantitative estimate of drug-likeness (QED) is 0.250. The maximum atomic E-state index is 10.5. The topological polar surface area (TPSA) is 118 Å². The number of hydrogen-bond donors (Lipinski definition) is 5. The number of rotatable bonds is 13. The average Bonchev–Trinajstić information content (AvgIpc) is 2.85. The number of carboxylic acids is 1. The summed E-state index contributed by atoms with van der Waals surface area (Å²) in [6, 6.07) is 0. The van der Waals surface area contributed by atoms with E-state index >= 15 is 0 Å². The lowest BCUT2D eigenvalue weighted by Crippen LogP contribution is -2.20. The molecule has 0 aliphatic heterocycles. The maximum Gasteiger partial charge on any atom is 0.303 e. The van der Waals surface area contributed by atoms with Crippen LogP contribution in [-0.4, -0.2) is 56.4 Å². The molecule has 0 saturated heterocycles. The molecule has 6 heteroatoms. The first kappa shape index (κ1) is 22.8. The van der Waals surface area contributed by atoms with E-state index in [2.05, 4.69) is 0 Å². The molecule has 0 aromatic carbocycles. The zero-order valence-corrected chi connectivity index (χ0v) is 15.4. The number of aliphatic hydroxyl groups is 4. The van der Waals surface area contributed by atoms with E-state index in [0.717, 1.165) is 19.3 Å². The minimum Gasteiger partial charge on any atom is -0.481 e. The summed E-state index contributed by atoms with van der Waals surface area (Å²) >= 11 is 0. The number of carbonyl (C=O) groups is 1.